The summed E-state index contributed by atoms with van der Waals surface area (Å²) in [5.41, 5.74) is 0. The molecule has 1 aliphatic rings. The lowest BCUT2D eigenvalue weighted by atomic mass is 10.0. The number of nitrogens with one attached hydrogen (secondary N) is 1. The summed E-state index contributed by atoms with van der Waals surface area (Å²) in [6.07, 6.45) is 5.37. The van der Waals surface area contributed by atoms with Crippen molar-refractivity contribution in [1.82, 2.24) is 10.2 Å². The molecule has 0 saturated carbocycles. The van der Waals surface area contributed by atoms with E-state index >= 15 is 0 Å². The van der Waals surface area contributed by atoms with Gasteiger partial charge >= 0.3 is 0 Å². The quantitative estimate of drug-likeness (QED) is 0.773. The SMILES string of the molecule is CCC1NC(CC(C)C)C(=O)N1C(C)CCSC. The fourth-order valence-electron chi connectivity index (χ4n) is 2.62. The number of nitrogens with zero attached hydrogens (tertiary/aromatic N) is 1. The smallest absolute Gasteiger partial charge is 0.241 e. The predicted octanol–water partition coefficient (Wildman–Crippen LogP) is 2.71. The molecule has 0 spiro atoms. The second-order valence-electron chi connectivity index (χ2n) is 5.65. The van der Waals surface area contributed by atoms with E-state index in [2.05, 4.69) is 44.2 Å². The van der Waals surface area contributed by atoms with Gasteiger partial charge in [-0.25, -0.2) is 0 Å². The van der Waals surface area contributed by atoms with Crippen LogP contribution in [-0.4, -0.2) is 41.1 Å². The number of rotatable bonds is 7. The summed E-state index contributed by atoms with van der Waals surface area (Å²) in [4.78, 5) is 14.6. The van der Waals surface area contributed by atoms with Gasteiger partial charge in [-0.15, -0.1) is 0 Å². The minimum absolute atomic E-state index is 0.0340. The minimum atomic E-state index is 0.0340. The molecule has 1 rings (SSSR count). The Morgan fingerprint density at radius 3 is 2.56 bits per heavy atom. The summed E-state index contributed by atoms with van der Waals surface area (Å²) in [5.74, 6) is 1.99. The third kappa shape index (κ3) is 3.89. The van der Waals surface area contributed by atoms with E-state index in [0.717, 1.165) is 25.0 Å². The monoisotopic (exact) mass is 272 g/mol. The van der Waals surface area contributed by atoms with Crippen molar-refractivity contribution >= 4 is 17.7 Å². The molecule has 1 N–H and O–H groups in total. The van der Waals surface area contributed by atoms with Crippen molar-refractivity contribution in [3.05, 3.63) is 0 Å². The van der Waals surface area contributed by atoms with Crippen molar-refractivity contribution < 1.29 is 4.79 Å². The molecule has 1 heterocycles. The Labute approximate surface area is 116 Å². The van der Waals surface area contributed by atoms with Gasteiger partial charge < -0.3 is 4.90 Å². The van der Waals surface area contributed by atoms with Gasteiger partial charge in [0.15, 0.2) is 0 Å². The van der Waals surface area contributed by atoms with E-state index in [1.807, 2.05) is 11.8 Å². The van der Waals surface area contributed by atoms with Gasteiger partial charge in [0.1, 0.15) is 0 Å². The van der Waals surface area contributed by atoms with Crippen LogP contribution in [0.15, 0.2) is 0 Å². The van der Waals surface area contributed by atoms with Crippen LogP contribution in [0.3, 0.4) is 0 Å². The first-order valence-corrected chi connectivity index (χ1v) is 8.47. The number of amides is 1. The van der Waals surface area contributed by atoms with Gasteiger partial charge in [0.25, 0.3) is 0 Å². The van der Waals surface area contributed by atoms with Crippen LogP contribution < -0.4 is 5.32 Å². The minimum Gasteiger partial charge on any atom is -0.323 e. The molecule has 3 nitrogen and oxygen atoms in total. The van der Waals surface area contributed by atoms with Crippen LogP contribution in [0.4, 0.5) is 0 Å². The molecular formula is C14H28N2OS. The molecule has 1 fully saturated rings. The largest absolute Gasteiger partial charge is 0.323 e. The maximum absolute atomic E-state index is 12.5. The highest BCUT2D eigenvalue weighted by Gasteiger charge is 2.39. The molecule has 0 radical (unpaired) electrons. The number of carbonyl (C=O) groups excluding carboxylic acids is 1. The Morgan fingerprint density at radius 1 is 1.39 bits per heavy atom. The molecule has 1 aliphatic heterocycles. The van der Waals surface area contributed by atoms with Crippen LogP contribution in [0, 0.1) is 5.92 Å². The molecule has 3 atom stereocenters. The van der Waals surface area contributed by atoms with E-state index in [-0.39, 0.29) is 12.2 Å². The van der Waals surface area contributed by atoms with Gasteiger partial charge in [-0.3, -0.25) is 10.1 Å². The van der Waals surface area contributed by atoms with E-state index < -0.39 is 0 Å². The topological polar surface area (TPSA) is 32.3 Å². The summed E-state index contributed by atoms with van der Waals surface area (Å²) in [6.45, 7) is 8.68. The second kappa shape index (κ2) is 7.39. The average molecular weight is 272 g/mol. The maximum atomic E-state index is 12.5. The van der Waals surface area contributed by atoms with Crippen LogP contribution in [0.2, 0.25) is 0 Å². The average Bonchev–Trinajstić information content (AvgIpc) is 2.62. The maximum Gasteiger partial charge on any atom is 0.241 e. The lowest BCUT2D eigenvalue weighted by Gasteiger charge is -2.29. The van der Waals surface area contributed by atoms with Crippen LogP contribution in [0.5, 0.6) is 0 Å². The predicted molar refractivity (Wildman–Crippen MR) is 79.8 cm³/mol. The molecule has 3 unspecified atom stereocenters. The molecule has 1 amide bonds. The molecule has 0 bridgehead atoms. The highest BCUT2D eigenvalue weighted by molar-refractivity contribution is 7.98. The molecule has 18 heavy (non-hydrogen) atoms. The van der Waals surface area contributed by atoms with E-state index in [4.69, 9.17) is 0 Å². The van der Waals surface area contributed by atoms with Crippen molar-refractivity contribution in [3.8, 4) is 0 Å². The summed E-state index contributed by atoms with van der Waals surface area (Å²) >= 11 is 1.85. The highest BCUT2D eigenvalue weighted by Crippen LogP contribution is 2.23. The van der Waals surface area contributed by atoms with Crippen LogP contribution in [0.1, 0.15) is 47.0 Å². The first-order chi connectivity index (χ1) is 8.51. The normalized spacial score (nSPS) is 26.1. The fourth-order valence-corrected chi connectivity index (χ4v) is 3.20. The highest BCUT2D eigenvalue weighted by atomic mass is 32.2. The van der Waals surface area contributed by atoms with Gasteiger partial charge in [0.2, 0.25) is 5.91 Å². The van der Waals surface area contributed by atoms with Crippen molar-refractivity contribution in [2.75, 3.05) is 12.0 Å². The lowest BCUT2D eigenvalue weighted by molar-refractivity contribution is -0.132. The molecule has 0 aromatic carbocycles. The Hall–Kier alpha value is -0.220. The Morgan fingerprint density at radius 2 is 2.06 bits per heavy atom. The Balaban J connectivity index is 2.66. The van der Waals surface area contributed by atoms with E-state index in [1.165, 1.54) is 0 Å². The molecule has 1 saturated heterocycles. The summed E-state index contributed by atoms with van der Waals surface area (Å²) < 4.78 is 0. The van der Waals surface area contributed by atoms with Gasteiger partial charge in [0, 0.05) is 6.04 Å². The van der Waals surface area contributed by atoms with Crippen molar-refractivity contribution in [3.63, 3.8) is 0 Å². The van der Waals surface area contributed by atoms with Crippen LogP contribution >= 0.6 is 11.8 Å². The van der Waals surface area contributed by atoms with Gasteiger partial charge in [-0.2, -0.15) is 11.8 Å². The van der Waals surface area contributed by atoms with Gasteiger partial charge in [-0.1, -0.05) is 20.8 Å². The Bertz CT molecular complexity index is 271. The molecule has 0 aromatic heterocycles. The Kier molecular flexibility index (Phi) is 6.50. The third-order valence-corrected chi connectivity index (χ3v) is 4.23. The first kappa shape index (κ1) is 15.8. The first-order valence-electron chi connectivity index (χ1n) is 7.08. The lowest BCUT2D eigenvalue weighted by Crippen LogP contribution is -2.43. The van der Waals surface area contributed by atoms with E-state index in [1.54, 1.807) is 0 Å². The number of carbonyl (C=O) groups is 1. The standard InChI is InChI=1S/C14H28N2OS/c1-6-13-15-12(9-10(2)3)14(17)16(13)11(4)7-8-18-5/h10-13,15H,6-9H2,1-5H3. The van der Waals surface area contributed by atoms with Crippen molar-refractivity contribution in [2.45, 2.75) is 65.2 Å². The van der Waals surface area contributed by atoms with Crippen LogP contribution in [0.25, 0.3) is 0 Å². The van der Waals surface area contributed by atoms with E-state index in [9.17, 15) is 4.79 Å². The molecule has 106 valence electrons. The number of thioether (sulfide) groups is 1. The number of hydrogen-bond acceptors (Lipinski definition) is 3. The fraction of sp³-hybridized carbons (Fsp3) is 0.929. The zero-order valence-electron chi connectivity index (χ0n) is 12.4. The zero-order chi connectivity index (χ0) is 13.7. The third-order valence-electron chi connectivity index (χ3n) is 3.59. The summed E-state index contributed by atoms with van der Waals surface area (Å²) in [5, 5.41) is 3.50. The van der Waals surface area contributed by atoms with Crippen LogP contribution in [-0.2, 0) is 4.79 Å². The summed E-state index contributed by atoms with van der Waals surface area (Å²) in [7, 11) is 0. The molecule has 0 aromatic rings. The zero-order valence-corrected chi connectivity index (χ0v) is 13.2. The molecular weight excluding hydrogens is 244 g/mol. The van der Waals surface area contributed by atoms with Crippen molar-refractivity contribution in [2.24, 2.45) is 5.92 Å². The van der Waals surface area contributed by atoms with Gasteiger partial charge in [0.05, 0.1) is 12.2 Å². The second-order valence-corrected chi connectivity index (χ2v) is 6.63. The molecule has 0 aliphatic carbocycles. The summed E-state index contributed by atoms with van der Waals surface area (Å²) in [6, 6.07) is 0.381. The number of hydrogen-bond donors (Lipinski definition) is 1. The van der Waals surface area contributed by atoms with Gasteiger partial charge in [-0.05, 0) is 44.1 Å². The van der Waals surface area contributed by atoms with E-state index in [0.29, 0.717) is 17.9 Å². The van der Waals surface area contributed by atoms with Crippen molar-refractivity contribution in [1.29, 1.82) is 0 Å². The molecule has 4 heteroatoms.